The lowest BCUT2D eigenvalue weighted by molar-refractivity contribution is -0.154. The molecule has 6 heteroatoms. The largest absolute Gasteiger partial charge is 0.460 e. The van der Waals surface area contributed by atoms with E-state index in [0.717, 1.165) is 22.4 Å². The molecule has 0 N–H and O–H groups in total. The van der Waals surface area contributed by atoms with Crippen molar-refractivity contribution in [1.82, 2.24) is 14.6 Å². The van der Waals surface area contributed by atoms with E-state index in [2.05, 4.69) is 4.98 Å². The van der Waals surface area contributed by atoms with Crippen LogP contribution in [0.25, 0.3) is 16.8 Å². The maximum Gasteiger partial charge on any atom is 0.306 e. The Bertz CT molecular complexity index is 1280. The van der Waals surface area contributed by atoms with Gasteiger partial charge in [-0.25, -0.2) is 13.9 Å². The fourth-order valence-corrected chi connectivity index (χ4v) is 3.97. The predicted octanol–water partition coefficient (Wildman–Crippen LogP) is 5.96. The van der Waals surface area contributed by atoms with Crippen LogP contribution < -0.4 is 0 Å². The van der Waals surface area contributed by atoms with Crippen LogP contribution >= 0.6 is 0 Å². The van der Waals surface area contributed by atoms with Gasteiger partial charge in [-0.15, -0.1) is 0 Å². The zero-order chi connectivity index (χ0) is 23.6. The molecule has 33 heavy (non-hydrogen) atoms. The third kappa shape index (κ3) is 5.11. The number of rotatable bonds is 6. The van der Waals surface area contributed by atoms with Crippen molar-refractivity contribution in [3.8, 4) is 11.1 Å². The summed E-state index contributed by atoms with van der Waals surface area (Å²) in [6, 6.07) is 16.6. The first-order valence-electron chi connectivity index (χ1n) is 11.1. The number of halogens is 1. The van der Waals surface area contributed by atoms with E-state index in [0.29, 0.717) is 17.6 Å². The molecule has 4 rings (SSSR count). The van der Waals surface area contributed by atoms with E-state index in [1.54, 1.807) is 22.8 Å². The van der Waals surface area contributed by atoms with E-state index < -0.39 is 5.60 Å². The van der Waals surface area contributed by atoms with Gasteiger partial charge in [0.15, 0.2) is 5.65 Å². The molecule has 0 bridgehead atoms. The van der Waals surface area contributed by atoms with E-state index in [1.807, 2.05) is 76.4 Å². The number of aromatic nitrogens is 3. The van der Waals surface area contributed by atoms with Crippen molar-refractivity contribution in [3.05, 3.63) is 89.6 Å². The molecule has 2 heterocycles. The number of carbonyl (C=O) groups excluding carboxylic acids is 1. The lowest BCUT2D eigenvalue weighted by Gasteiger charge is -2.19. The van der Waals surface area contributed by atoms with Crippen LogP contribution in [-0.4, -0.2) is 26.2 Å². The molecule has 0 spiro atoms. The van der Waals surface area contributed by atoms with Gasteiger partial charge in [0, 0.05) is 35.9 Å². The second-order valence-corrected chi connectivity index (χ2v) is 9.17. The van der Waals surface area contributed by atoms with Crippen LogP contribution in [0.3, 0.4) is 0 Å². The Hall–Kier alpha value is -3.54. The third-order valence-corrected chi connectivity index (χ3v) is 5.51. The second kappa shape index (κ2) is 9.14. The highest BCUT2D eigenvalue weighted by atomic mass is 19.1. The van der Waals surface area contributed by atoms with Crippen molar-refractivity contribution in [3.63, 3.8) is 0 Å². The molecule has 2 aromatic heterocycles. The summed E-state index contributed by atoms with van der Waals surface area (Å²) in [5, 5.41) is 4.73. The summed E-state index contributed by atoms with van der Waals surface area (Å²) in [5.74, 6) is -0.725. The smallest absolute Gasteiger partial charge is 0.306 e. The second-order valence-electron chi connectivity index (χ2n) is 9.17. The molecule has 0 aliphatic rings. The lowest BCUT2D eigenvalue weighted by Crippen LogP contribution is -2.24. The van der Waals surface area contributed by atoms with Crippen LogP contribution in [0.2, 0.25) is 0 Å². The van der Waals surface area contributed by atoms with Gasteiger partial charge < -0.3 is 4.74 Å². The standard InChI is InChI=1S/C27H28FN3O2/c1-18(20-11-12-21(23(28)17-20)19-9-6-5-7-10-19)25-22(13-14-24(32)33-27(2,3)4)26-29-15-8-16-31(26)30-25/h5-12,15-18H,13-14H2,1-4H3. The van der Waals surface area contributed by atoms with Crippen molar-refractivity contribution in [2.75, 3.05) is 0 Å². The first kappa shape index (κ1) is 22.6. The Morgan fingerprint density at radius 3 is 2.58 bits per heavy atom. The van der Waals surface area contributed by atoms with Crippen LogP contribution in [0.1, 0.15) is 56.9 Å². The molecular formula is C27H28FN3O2. The van der Waals surface area contributed by atoms with Gasteiger partial charge in [-0.3, -0.25) is 4.79 Å². The average Bonchev–Trinajstić information content (AvgIpc) is 3.15. The highest BCUT2D eigenvalue weighted by molar-refractivity contribution is 5.71. The molecule has 4 aromatic rings. The van der Waals surface area contributed by atoms with Crippen molar-refractivity contribution in [2.45, 2.75) is 52.1 Å². The molecule has 0 aliphatic heterocycles. The van der Waals surface area contributed by atoms with Crippen molar-refractivity contribution >= 4 is 11.6 Å². The quantitative estimate of drug-likeness (QED) is 0.344. The Morgan fingerprint density at radius 1 is 1.12 bits per heavy atom. The van der Waals surface area contributed by atoms with Crippen LogP contribution in [0, 0.1) is 5.82 Å². The first-order valence-corrected chi connectivity index (χ1v) is 11.1. The topological polar surface area (TPSA) is 56.5 Å². The summed E-state index contributed by atoms with van der Waals surface area (Å²) in [5.41, 5.74) is 4.03. The molecule has 0 saturated carbocycles. The Labute approximate surface area is 193 Å². The fourth-order valence-electron chi connectivity index (χ4n) is 3.97. The highest BCUT2D eigenvalue weighted by Crippen LogP contribution is 2.32. The molecule has 0 amide bonds. The number of hydrogen-bond donors (Lipinski definition) is 0. The van der Waals surface area contributed by atoms with Crippen molar-refractivity contribution in [1.29, 1.82) is 0 Å². The number of nitrogens with zero attached hydrogens (tertiary/aromatic N) is 3. The third-order valence-electron chi connectivity index (χ3n) is 5.51. The maximum absolute atomic E-state index is 15.0. The Kier molecular flexibility index (Phi) is 6.27. The monoisotopic (exact) mass is 445 g/mol. The highest BCUT2D eigenvalue weighted by Gasteiger charge is 2.23. The number of carbonyl (C=O) groups is 1. The molecule has 1 atom stereocenters. The number of hydrogen-bond acceptors (Lipinski definition) is 4. The van der Waals surface area contributed by atoms with E-state index in [-0.39, 0.29) is 24.1 Å². The van der Waals surface area contributed by atoms with Crippen LogP contribution in [0.15, 0.2) is 67.0 Å². The molecule has 0 saturated heterocycles. The van der Waals surface area contributed by atoms with Gasteiger partial charge in [0.2, 0.25) is 0 Å². The van der Waals surface area contributed by atoms with Crippen molar-refractivity contribution in [2.24, 2.45) is 0 Å². The van der Waals surface area contributed by atoms with E-state index in [9.17, 15) is 4.79 Å². The number of benzene rings is 2. The number of esters is 1. The normalized spacial score (nSPS) is 12.6. The van der Waals surface area contributed by atoms with Crippen molar-refractivity contribution < 1.29 is 13.9 Å². The number of fused-ring (bicyclic) bond motifs is 1. The van der Waals surface area contributed by atoms with Gasteiger partial charge in [-0.05, 0) is 50.5 Å². The SMILES string of the molecule is CC(c1ccc(-c2ccccc2)c(F)c1)c1nn2cccnc2c1CCC(=O)OC(C)(C)C. The van der Waals surface area contributed by atoms with Crippen LogP contribution in [0.5, 0.6) is 0 Å². The molecule has 0 aliphatic carbocycles. The molecule has 170 valence electrons. The molecule has 0 radical (unpaired) electrons. The summed E-state index contributed by atoms with van der Waals surface area (Å²) in [4.78, 5) is 16.8. The van der Waals surface area contributed by atoms with Crippen LogP contribution in [-0.2, 0) is 16.0 Å². The number of aryl methyl sites for hydroxylation is 1. The molecule has 0 fully saturated rings. The van der Waals surface area contributed by atoms with Gasteiger partial charge >= 0.3 is 5.97 Å². The molecule has 1 unspecified atom stereocenters. The molecule has 5 nitrogen and oxygen atoms in total. The lowest BCUT2D eigenvalue weighted by atomic mass is 9.92. The minimum Gasteiger partial charge on any atom is -0.460 e. The average molecular weight is 446 g/mol. The summed E-state index contributed by atoms with van der Waals surface area (Å²) in [6.45, 7) is 7.55. The van der Waals surface area contributed by atoms with Gasteiger partial charge in [-0.2, -0.15) is 5.10 Å². The van der Waals surface area contributed by atoms with E-state index in [1.165, 1.54) is 0 Å². The van der Waals surface area contributed by atoms with Gasteiger partial charge in [0.05, 0.1) is 5.69 Å². The van der Waals surface area contributed by atoms with E-state index in [4.69, 9.17) is 9.84 Å². The van der Waals surface area contributed by atoms with Crippen LogP contribution in [0.4, 0.5) is 4.39 Å². The maximum atomic E-state index is 15.0. The van der Waals surface area contributed by atoms with Gasteiger partial charge in [0.1, 0.15) is 11.4 Å². The molecular weight excluding hydrogens is 417 g/mol. The predicted molar refractivity (Wildman–Crippen MR) is 127 cm³/mol. The Morgan fingerprint density at radius 2 is 1.88 bits per heavy atom. The summed E-state index contributed by atoms with van der Waals surface area (Å²) in [6.07, 6.45) is 4.20. The van der Waals surface area contributed by atoms with Gasteiger partial charge in [-0.1, -0.05) is 49.4 Å². The van der Waals surface area contributed by atoms with E-state index >= 15 is 4.39 Å². The zero-order valence-electron chi connectivity index (χ0n) is 19.4. The zero-order valence-corrected chi connectivity index (χ0v) is 19.4. The fraction of sp³-hybridized carbons (Fsp3) is 0.296. The molecule has 2 aromatic carbocycles. The minimum atomic E-state index is -0.537. The number of ether oxygens (including phenoxy) is 1. The summed E-state index contributed by atoms with van der Waals surface area (Å²) in [7, 11) is 0. The summed E-state index contributed by atoms with van der Waals surface area (Å²) >= 11 is 0. The first-order chi connectivity index (χ1) is 15.7. The minimum absolute atomic E-state index is 0.181. The van der Waals surface area contributed by atoms with Gasteiger partial charge in [0.25, 0.3) is 0 Å². The summed E-state index contributed by atoms with van der Waals surface area (Å²) < 4.78 is 22.2. The Balaban J connectivity index is 1.65.